The molecular weight excluding hydrogens is 271 g/mol. The van der Waals surface area contributed by atoms with Crippen LogP contribution in [0.5, 0.6) is 0 Å². The highest BCUT2D eigenvalue weighted by molar-refractivity contribution is 5.92. The molecule has 0 unspecified atom stereocenters. The molecule has 0 radical (unpaired) electrons. The summed E-state index contributed by atoms with van der Waals surface area (Å²) < 4.78 is 12.9. The van der Waals surface area contributed by atoms with Crippen LogP contribution in [0.15, 0.2) is 43.0 Å². The Labute approximate surface area is 121 Å². The van der Waals surface area contributed by atoms with E-state index in [0.717, 1.165) is 0 Å². The lowest BCUT2D eigenvalue weighted by Crippen LogP contribution is -2.24. The molecule has 0 fully saturated rings. The van der Waals surface area contributed by atoms with Gasteiger partial charge in [0.05, 0.1) is 0 Å². The lowest BCUT2D eigenvalue weighted by Gasteiger charge is -2.08. The highest BCUT2D eigenvalue weighted by Crippen LogP contribution is 2.14. The molecule has 1 amide bonds. The van der Waals surface area contributed by atoms with E-state index < -0.39 is 0 Å². The second-order valence-corrected chi connectivity index (χ2v) is 4.35. The van der Waals surface area contributed by atoms with E-state index in [1.54, 1.807) is 31.2 Å². The molecule has 0 spiro atoms. The average molecular weight is 286 g/mol. The third kappa shape index (κ3) is 4.10. The second kappa shape index (κ2) is 6.60. The van der Waals surface area contributed by atoms with E-state index >= 15 is 0 Å². The second-order valence-electron chi connectivity index (χ2n) is 4.35. The summed E-state index contributed by atoms with van der Waals surface area (Å²) >= 11 is 0. The summed E-state index contributed by atoms with van der Waals surface area (Å²) in [5.74, 6) is -0.344. The molecule has 0 aliphatic heterocycles. The Morgan fingerprint density at radius 3 is 2.71 bits per heavy atom. The number of halogens is 1. The van der Waals surface area contributed by atoms with Gasteiger partial charge in [-0.05, 0) is 37.3 Å². The first-order valence-corrected chi connectivity index (χ1v) is 6.36. The van der Waals surface area contributed by atoms with Crippen LogP contribution < -0.4 is 10.6 Å². The molecule has 108 valence electrons. The maximum absolute atomic E-state index is 12.9. The molecule has 1 heterocycles. The summed E-state index contributed by atoms with van der Waals surface area (Å²) in [5.41, 5.74) is 1.55. The molecule has 1 aromatic carbocycles. The molecule has 2 N–H and O–H groups in total. The van der Waals surface area contributed by atoms with Gasteiger partial charge >= 0.3 is 0 Å². The number of amides is 1. The molecule has 2 aromatic rings. The minimum Gasteiger partial charge on any atom is -0.347 e. The summed E-state index contributed by atoms with van der Waals surface area (Å²) in [6.07, 6.45) is 1.59. The fourth-order valence-electron chi connectivity index (χ4n) is 1.66. The molecule has 6 heteroatoms. The largest absolute Gasteiger partial charge is 0.347 e. The number of hydrogen-bond donors (Lipinski definition) is 2. The molecule has 21 heavy (non-hydrogen) atoms. The van der Waals surface area contributed by atoms with Gasteiger partial charge in [-0.1, -0.05) is 6.08 Å². The summed E-state index contributed by atoms with van der Waals surface area (Å²) in [6, 6.07) is 7.39. The quantitative estimate of drug-likeness (QED) is 0.829. The van der Waals surface area contributed by atoms with Gasteiger partial charge in [0.15, 0.2) is 0 Å². The number of benzene rings is 1. The predicted octanol–water partition coefficient (Wildman–Crippen LogP) is 2.58. The zero-order chi connectivity index (χ0) is 15.2. The van der Waals surface area contributed by atoms with Gasteiger partial charge in [-0.15, -0.1) is 6.58 Å². The van der Waals surface area contributed by atoms with Crippen LogP contribution in [-0.2, 0) is 0 Å². The number of carbonyl (C=O) groups excluding carboxylic acids is 1. The van der Waals surface area contributed by atoms with Crippen molar-refractivity contribution in [2.24, 2.45) is 0 Å². The first-order valence-electron chi connectivity index (χ1n) is 6.36. The van der Waals surface area contributed by atoms with Gasteiger partial charge in [0.25, 0.3) is 5.91 Å². The Balaban J connectivity index is 2.20. The van der Waals surface area contributed by atoms with E-state index in [1.165, 1.54) is 12.1 Å². The zero-order valence-electron chi connectivity index (χ0n) is 11.6. The van der Waals surface area contributed by atoms with Crippen LogP contribution in [0.4, 0.5) is 16.0 Å². The van der Waals surface area contributed by atoms with E-state index in [0.29, 0.717) is 17.9 Å². The first kappa shape index (κ1) is 14.6. The SMILES string of the molecule is C=CCNC(=O)c1cc(C)nc(Nc2ccc(F)cc2)n1. The van der Waals surface area contributed by atoms with Gasteiger partial charge in [0, 0.05) is 17.9 Å². The highest BCUT2D eigenvalue weighted by Gasteiger charge is 2.09. The van der Waals surface area contributed by atoms with Crippen LogP contribution in [-0.4, -0.2) is 22.4 Å². The number of anilines is 2. The van der Waals surface area contributed by atoms with E-state index in [1.807, 2.05) is 0 Å². The zero-order valence-corrected chi connectivity index (χ0v) is 11.6. The standard InChI is InChI=1S/C15H15FN4O/c1-3-8-17-14(21)13-9-10(2)18-15(20-13)19-12-6-4-11(16)5-7-12/h3-7,9H,1,8H2,2H3,(H,17,21)(H,18,19,20). The normalized spacial score (nSPS) is 10.0. The Kier molecular flexibility index (Phi) is 4.61. The Morgan fingerprint density at radius 1 is 1.33 bits per heavy atom. The van der Waals surface area contributed by atoms with Crippen molar-refractivity contribution in [1.82, 2.24) is 15.3 Å². The molecule has 0 aliphatic carbocycles. The van der Waals surface area contributed by atoms with Gasteiger partial charge < -0.3 is 10.6 Å². The molecular formula is C15H15FN4O. The Hall–Kier alpha value is -2.76. The summed E-state index contributed by atoms with van der Waals surface area (Å²) in [4.78, 5) is 20.2. The smallest absolute Gasteiger partial charge is 0.270 e. The van der Waals surface area contributed by atoms with Crippen molar-refractivity contribution in [2.45, 2.75) is 6.92 Å². The Bertz CT molecular complexity index is 655. The van der Waals surface area contributed by atoms with Gasteiger partial charge in [-0.25, -0.2) is 14.4 Å². The van der Waals surface area contributed by atoms with E-state index in [9.17, 15) is 9.18 Å². The predicted molar refractivity (Wildman–Crippen MR) is 79.0 cm³/mol. The van der Waals surface area contributed by atoms with Crippen LogP contribution in [0.25, 0.3) is 0 Å². The number of carbonyl (C=O) groups is 1. The van der Waals surface area contributed by atoms with Crippen molar-refractivity contribution in [3.63, 3.8) is 0 Å². The van der Waals surface area contributed by atoms with Crippen molar-refractivity contribution in [1.29, 1.82) is 0 Å². The van der Waals surface area contributed by atoms with Crippen molar-refractivity contribution in [3.05, 3.63) is 60.2 Å². The van der Waals surface area contributed by atoms with Crippen LogP contribution in [0, 0.1) is 12.7 Å². The van der Waals surface area contributed by atoms with Crippen LogP contribution in [0.1, 0.15) is 16.2 Å². The minimum absolute atomic E-state index is 0.258. The van der Waals surface area contributed by atoms with Crippen LogP contribution >= 0.6 is 0 Å². The molecule has 0 saturated carbocycles. The number of aromatic nitrogens is 2. The van der Waals surface area contributed by atoms with Crippen LogP contribution in [0.2, 0.25) is 0 Å². The third-order valence-corrected chi connectivity index (χ3v) is 2.59. The Morgan fingerprint density at radius 2 is 2.05 bits per heavy atom. The molecule has 0 bridgehead atoms. The van der Waals surface area contributed by atoms with Gasteiger partial charge in [0.2, 0.25) is 5.95 Å². The van der Waals surface area contributed by atoms with Crippen LogP contribution in [0.3, 0.4) is 0 Å². The minimum atomic E-state index is -0.324. The molecule has 1 aromatic heterocycles. The average Bonchev–Trinajstić information content (AvgIpc) is 2.46. The highest BCUT2D eigenvalue weighted by atomic mass is 19.1. The van der Waals surface area contributed by atoms with E-state index in [4.69, 9.17) is 0 Å². The molecule has 0 saturated heterocycles. The lowest BCUT2D eigenvalue weighted by atomic mass is 10.3. The van der Waals surface area contributed by atoms with Crippen molar-refractivity contribution >= 4 is 17.5 Å². The topological polar surface area (TPSA) is 66.9 Å². The van der Waals surface area contributed by atoms with Gasteiger partial charge in [-0.2, -0.15) is 0 Å². The molecule has 5 nitrogen and oxygen atoms in total. The van der Waals surface area contributed by atoms with E-state index in [-0.39, 0.29) is 23.4 Å². The van der Waals surface area contributed by atoms with Crippen molar-refractivity contribution < 1.29 is 9.18 Å². The van der Waals surface area contributed by atoms with E-state index in [2.05, 4.69) is 27.2 Å². The number of nitrogens with one attached hydrogen (secondary N) is 2. The molecule has 0 aliphatic rings. The summed E-state index contributed by atoms with van der Waals surface area (Å²) in [7, 11) is 0. The monoisotopic (exact) mass is 286 g/mol. The maximum Gasteiger partial charge on any atom is 0.270 e. The summed E-state index contributed by atoms with van der Waals surface area (Å²) in [5, 5.41) is 5.58. The van der Waals surface area contributed by atoms with Gasteiger partial charge in [0.1, 0.15) is 11.5 Å². The number of hydrogen-bond acceptors (Lipinski definition) is 4. The fourth-order valence-corrected chi connectivity index (χ4v) is 1.66. The van der Waals surface area contributed by atoms with Crippen molar-refractivity contribution in [3.8, 4) is 0 Å². The third-order valence-electron chi connectivity index (χ3n) is 2.59. The fraction of sp³-hybridized carbons (Fsp3) is 0.133. The molecule has 2 rings (SSSR count). The molecule has 0 atom stereocenters. The summed E-state index contributed by atoms with van der Waals surface area (Å²) in [6.45, 7) is 5.66. The van der Waals surface area contributed by atoms with Crippen molar-refractivity contribution in [2.75, 3.05) is 11.9 Å². The first-order chi connectivity index (χ1) is 10.1. The maximum atomic E-state index is 12.9. The lowest BCUT2D eigenvalue weighted by molar-refractivity contribution is 0.0953. The number of rotatable bonds is 5. The number of aryl methyl sites for hydroxylation is 1. The van der Waals surface area contributed by atoms with Gasteiger partial charge in [-0.3, -0.25) is 4.79 Å². The number of nitrogens with zero attached hydrogens (tertiary/aromatic N) is 2.